The average Bonchev–Trinajstić information content (AvgIpc) is 3.44. The van der Waals surface area contributed by atoms with Gasteiger partial charge in [0.1, 0.15) is 11.5 Å². The molecule has 12 nitrogen and oxygen atoms in total. The highest BCUT2D eigenvalue weighted by Crippen LogP contribution is 2.32. The summed E-state index contributed by atoms with van der Waals surface area (Å²) >= 11 is 0. The van der Waals surface area contributed by atoms with Crippen molar-refractivity contribution in [3.63, 3.8) is 0 Å². The molecule has 2 aromatic carbocycles. The van der Waals surface area contributed by atoms with Gasteiger partial charge in [0.15, 0.2) is 0 Å². The third kappa shape index (κ3) is 9.65. The van der Waals surface area contributed by atoms with Crippen LogP contribution in [0.2, 0.25) is 0 Å². The molecule has 1 saturated heterocycles. The first-order chi connectivity index (χ1) is 19.6. The largest absolute Gasteiger partial charge is 0.497 e. The number of methoxy groups -OCH3 is 2. The van der Waals surface area contributed by atoms with E-state index in [1.165, 1.54) is 0 Å². The molecule has 0 spiro atoms. The van der Waals surface area contributed by atoms with E-state index in [2.05, 4.69) is 25.7 Å². The van der Waals surface area contributed by atoms with Crippen molar-refractivity contribution in [2.45, 2.75) is 12.6 Å². The second-order valence-electron chi connectivity index (χ2n) is 8.55. The topological polar surface area (TPSA) is 148 Å². The summed E-state index contributed by atoms with van der Waals surface area (Å²) in [4.78, 5) is 23.8. The maximum absolute atomic E-state index is 12.5. The van der Waals surface area contributed by atoms with Crippen molar-refractivity contribution in [2.24, 2.45) is 0 Å². The monoisotopic (exact) mass is 581 g/mol. The van der Waals surface area contributed by atoms with E-state index in [0.717, 1.165) is 45.8 Å². The highest BCUT2D eigenvalue weighted by molar-refractivity contribution is 6.04. The lowest BCUT2D eigenvalue weighted by molar-refractivity contribution is -0.192. The zero-order chi connectivity index (χ0) is 29.8. The summed E-state index contributed by atoms with van der Waals surface area (Å²) in [6, 6.07) is 12.5. The van der Waals surface area contributed by atoms with Crippen LogP contribution in [-0.4, -0.2) is 91.9 Å². The van der Waals surface area contributed by atoms with Crippen molar-refractivity contribution in [2.75, 3.05) is 64.2 Å². The summed E-state index contributed by atoms with van der Waals surface area (Å²) < 4.78 is 53.5. The number of morpholine rings is 1. The van der Waals surface area contributed by atoms with Gasteiger partial charge in [-0.15, -0.1) is 5.10 Å². The second-order valence-corrected chi connectivity index (χ2v) is 8.55. The Morgan fingerprint density at radius 3 is 2.34 bits per heavy atom. The fourth-order valence-corrected chi connectivity index (χ4v) is 3.62. The van der Waals surface area contributed by atoms with E-state index in [-0.39, 0.29) is 5.91 Å². The molecule has 1 aliphatic heterocycles. The number of amides is 1. The van der Waals surface area contributed by atoms with Crippen molar-refractivity contribution in [1.82, 2.24) is 15.1 Å². The lowest BCUT2D eigenvalue weighted by Crippen LogP contribution is -2.37. The molecule has 3 aromatic rings. The van der Waals surface area contributed by atoms with Crippen LogP contribution in [0.5, 0.6) is 11.5 Å². The van der Waals surface area contributed by atoms with Gasteiger partial charge in [-0.25, -0.2) is 4.79 Å². The molecular formula is C26H30F3N5O7. The standard InChI is InChI=1S/C24H29N5O5.C2HF3O2/c1-31-19-7-4-17(5-8-19)22(30)26-18-6-9-20(21(16-18)32-2)23-27-28-24(34-23)25-10-3-11-29-12-14-33-15-13-29;3-2(4,5)1(6)7/h4-9,16H,3,10-15H2,1-2H3,(H,25,28)(H,26,30);(H,6,7). The van der Waals surface area contributed by atoms with Crippen LogP contribution >= 0.6 is 0 Å². The van der Waals surface area contributed by atoms with Gasteiger partial charge in [-0.05, 0) is 49.4 Å². The fourth-order valence-electron chi connectivity index (χ4n) is 3.62. The highest BCUT2D eigenvalue weighted by atomic mass is 19.4. The van der Waals surface area contributed by atoms with Crippen LogP contribution in [0, 0.1) is 0 Å². The molecule has 1 aliphatic rings. The molecule has 0 radical (unpaired) electrons. The Labute approximate surface area is 233 Å². The molecular weight excluding hydrogens is 551 g/mol. The van der Waals surface area contributed by atoms with Gasteiger partial charge in [0.25, 0.3) is 11.8 Å². The molecule has 222 valence electrons. The number of nitrogens with one attached hydrogen (secondary N) is 2. The third-order valence-corrected chi connectivity index (χ3v) is 5.74. The number of aliphatic carboxylic acids is 1. The number of alkyl halides is 3. The smallest absolute Gasteiger partial charge is 0.490 e. The van der Waals surface area contributed by atoms with Gasteiger partial charge in [0.2, 0.25) is 0 Å². The molecule has 1 amide bonds. The van der Waals surface area contributed by atoms with Gasteiger partial charge < -0.3 is 34.4 Å². The number of halogens is 3. The number of aromatic nitrogens is 2. The molecule has 2 heterocycles. The molecule has 4 rings (SSSR count). The number of nitrogens with zero attached hydrogens (tertiary/aromatic N) is 3. The third-order valence-electron chi connectivity index (χ3n) is 5.74. The zero-order valence-electron chi connectivity index (χ0n) is 22.4. The van der Waals surface area contributed by atoms with E-state index in [0.29, 0.717) is 40.2 Å². The summed E-state index contributed by atoms with van der Waals surface area (Å²) in [6.07, 6.45) is -4.12. The Kier molecular flexibility index (Phi) is 11.3. The predicted molar refractivity (Wildman–Crippen MR) is 141 cm³/mol. The van der Waals surface area contributed by atoms with E-state index >= 15 is 0 Å². The Morgan fingerprint density at radius 1 is 1.05 bits per heavy atom. The first kappa shape index (κ1) is 31.2. The van der Waals surface area contributed by atoms with Crippen LogP contribution in [-0.2, 0) is 9.53 Å². The Hall–Kier alpha value is -4.37. The lowest BCUT2D eigenvalue weighted by atomic mass is 10.1. The van der Waals surface area contributed by atoms with E-state index in [4.69, 9.17) is 28.5 Å². The van der Waals surface area contributed by atoms with Crippen LogP contribution in [0.1, 0.15) is 16.8 Å². The number of ether oxygens (including phenoxy) is 3. The molecule has 0 aliphatic carbocycles. The molecule has 1 fully saturated rings. The molecule has 3 N–H and O–H groups in total. The van der Waals surface area contributed by atoms with E-state index in [1.54, 1.807) is 56.7 Å². The quantitative estimate of drug-likeness (QED) is 0.301. The number of carboxylic acid groups (broad SMARTS) is 1. The molecule has 15 heteroatoms. The number of rotatable bonds is 10. The van der Waals surface area contributed by atoms with Gasteiger partial charge in [0.05, 0.1) is 33.0 Å². The minimum atomic E-state index is -5.08. The second kappa shape index (κ2) is 14.9. The van der Waals surface area contributed by atoms with E-state index in [1.807, 2.05) is 0 Å². The molecule has 1 aromatic heterocycles. The summed E-state index contributed by atoms with van der Waals surface area (Å²) in [7, 11) is 3.13. The van der Waals surface area contributed by atoms with Crippen LogP contribution in [0.25, 0.3) is 11.5 Å². The molecule has 41 heavy (non-hydrogen) atoms. The first-order valence-corrected chi connectivity index (χ1v) is 12.4. The van der Waals surface area contributed by atoms with Gasteiger partial charge >= 0.3 is 18.2 Å². The van der Waals surface area contributed by atoms with Crippen LogP contribution in [0.3, 0.4) is 0 Å². The summed E-state index contributed by atoms with van der Waals surface area (Å²) in [5.74, 6) is -1.46. The number of carboxylic acids is 1. The summed E-state index contributed by atoms with van der Waals surface area (Å²) in [6.45, 7) is 5.27. The highest BCUT2D eigenvalue weighted by Gasteiger charge is 2.38. The Morgan fingerprint density at radius 2 is 1.73 bits per heavy atom. The lowest BCUT2D eigenvalue weighted by Gasteiger charge is -2.26. The SMILES string of the molecule is COc1ccc(C(=O)Nc2ccc(-c3nnc(NCCCN4CCOCC4)o3)c(OC)c2)cc1.O=C(O)C(F)(F)F. The minimum absolute atomic E-state index is 0.237. The minimum Gasteiger partial charge on any atom is -0.497 e. The molecule has 0 saturated carbocycles. The van der Waals surface area contributed by atoms with Gasteiger partial charge in [-0.1, -0.05) is 5.10 Å². The number of carbonyl (C=O) groups excluding carboxylic acids is 1. The van der Waals surface area contributed by atoms with Gasteiger partial charge in [-0.2, -0.15) is 13.2 Å². The molecule has 0 atom stereocenters. The van der Waals surface area contributed by atoms with Crippen LogP contribution in [0.15, 0.2) is 46.9 Å². The van der Waals surface area contributed by atoms with E-state index in [9.17, 15) is 18.0 Å². The number of hydrogen-bond donors (Lipinski definition) is 3. The average molecular weight is 582 g/mol. The predicted octanol–water partition coefficient (Wildman–Crippen LogP) is 3.77. The van der Waals surface area contributed by atoms with Crippen molar-refractivity contribution in [3.05, 3.63) is 48.0 Å². The Balaban J connectivity index is 0.000000587. The number of benzene rings is 2. The zero-order valence-corrected chi connectivity index (χ0v) is 22.4. The maximum Gasteiger partial charge on any atom is 0.490 e. The van der Waals surface area contributed by atoms with Crippen LogP contribution < -0.4 is 20.1 Å². The van der Waals surface area contributed by atoms with Crippen molar-refractivity contribution in [3.8, 4) is 23.0 Å². The summed E-state index contributed by atoms with van der Waals surface area (Å²) in [5, 5.41) is 21.4. The fraction of sp³-hybridized carbons (Fsp3) is 0.385. The van der Waals surface area contributed by atoms with Crippen molar-refractivity contribution >= 4 is 23.6 Å². The van der Waals surface area contributed by atoms with E-state index < -0.39 is 12.1 Å². The molecule has 0 bridgehead atoms. The van der Waals surface area contributed by atoms with Crippen molar-refractivity contribution < 1.29 is 46.5 Å². The number of anilines is 2. The Bertz CT molecular complexity index is 1280. The summed E-state index contributed by atoms with van der Waals surface area (Å²) in [5.41, 5.74) is 1.74. The maximum atomic E-state index is 12.5. The first-order valence-electron chi connectivity index (χ1n) is 12.4. The molecule has 0 unspecified atom stereocenters. The van der Waals surface area contributed by atoms with Crippen molar-refractivity contribution in [1.29, 1.82) is 0 Å². The normalized spacial score (nSPS) is 13.5. The number of carbonyl (C=O) groups is 2. The number of hydrogen-bond acceptors (Lipinski definition) is 10. The van der Waals surface area contributed by atoms with Gasteiger partial charge in [0, 0.05) is 37.0 Å². The van der Waals surface area contributed by atoms with Gasteiger partial charge in [-0.3, -0.25) is 9.69 Å². The van der Waals surface area contributed by atoms with Crippen LogP contribution in [0.4, 0.5) is 24.9 Å².